The van der Waals surface area contributed by atoms with Crippen molar-refractivity contribution in [3.8, 4) is 0 Å². The molecule has 3 N–H and O–H groups in total. The molecule has 0 saturated heterocycles. The highest BCUT2D eigenvalue weighted by Crippen LogP contribution is 2.30. The van der Waals surface area contributed by atoms with E-state index in [1.54, 1.807) is 0 Å². The molecule has 1 atom stereocenters. The van der Waals surface area contributed by atoms with E-state index in [0.29, 0.717) is 6.42 Å². The van der Waals surface area contributed by atoms with Crippen LogP contribution in [0.4, 0.5) is 13.2 Å². The summed E-state index contributed by atoms with van der Waals surface area (Å²) in [6.45, 7) is 6.24. The molecule has 1 rings (SSSR count). The van der Waals surface area contributed by atoms with Crippen LogP contribution in [0.5, 0.6) is 0 Å². The predicted molar refractivity (Wildman–Crippen MR) is 70.3 cm³/mol. The van der Waals surface area contributed by atoms with Crippen LogP contribution in [-0.2, 0) is 12.6 Å². The Hall–Kier alpha value is -1.07. The van der Waals surface area contributed by atoms with E-state index >= 15 is 0 Å². The normalized spacial score (nSPS) is 14.5. The minimum absolute atomic E-state index is 0.0164. The molecule has 1 aromatic carbocycles. The van der Waals surface area contributed by atoms with Gasteiger partial charge in [-0.3, -0.25) is 11.3 Å². The Kier molecular flexibility index (Phi) is 4.98. The van der Waals surface area contributed by atoms with Crippen LogP contribution in [-0.4, -0.2) is 6.04 Å². The van der Waals surface area contributed by atoms with Crippen LogP contribution in [0.2, 0.25) is 0 Å². The first-order valence-electron chi connectivity index (χ1n) is 6.33. The molecule has 0 saturated carbocycles. The van der Waals surface area contributed by atoms with E-state index in [4.69, 9.17) is 5.84 Å². The summed E-state index contributed by atoms with van der Waals surface area (Å²) < 4.78 is 37.4. The summed E-state index contributed by atoms with van der Waals surface area (Å²) in [7, 11) is 0. The molecule has 1 unspecified atom stereocenters. The van der Waals surface area contributed by atoms with Crippen molar-refractivity contribution in [2.75, 3.05) is 0 Å². The first kappa shape index (κ1) is 16.0. The van der Waals surface area contributed by atoms with Crippen molar-refractivity contribution >= 4 is 0 Å². The number of nitrogens with two attached hydrogens (primary N) is 1. The van der Waals surface area contributed by atoms with Gasteiger partial charge in [0.05, 0.1) is 5.56 Å². The van der Waals surface area contributed by atoms with E-state index in [1.165, 1.54) is 12.1 Å². The fourth-order valence-corrected chi connectivity index (χ4v) is 1.87. The van der Waals surface area contributed by atoms with Gasteiger partial charge >= 0.3 is 6.18 Å². The number of hydrazine groups is 1. The summed E-state index contributed by atoms with van der Waals surface area (Å²) in [5, 5.41) is 0. The second-order valence-corrected chi connectivity index (χ2v) is 5.46. The third-order valence-electron chi connectivity index (χ3n) is 3.78. The van der Waals surface area contributed by atoms with Crippen LogP contribution >= 0.6 is 0 Å². The molecule has 0 bridgehead atoms. The molecule has 0 spiro atoms. The minimum atomic E-state index is -4.28. The standard InChI is InChI=1S/C14H21F3N2/c1-4-13(2,3)12(19-18)9-10-5-7-11(8-6-10)14(15,16)17/h5-8,12,19H,4,9,18H2,1-3H3. The average molecular weight is 274 g/mol. The van der Waals surface area contributed by atoms with Gasteiger partial charge in [0, 0.05) is 6.04 Å². The lowest BCUT2D eigenvalue weighted by Gasteiger charge is -2.33. The van der Waals surface area contributed by atoms with Crippen molar-refractivity contribution in [3.63, 3.8) is 0 Å². The van der Waals surface area contributed by atoms with Gasteiger partial charge in [0.15, 0.2) is 0 Å². The second-order valence-electron chi connectivity index (χ2n) is 5.46. The quantitative estimate of drug-likeness (QED) is 0.637. The van der Waals surface area contributed by atoms with E-state index in [2.05, 4.69) is 26.2 Å². The van der Waals surface area contributed by atoms with E-state index in [-0.39, 0.29) is 11.5 Å². The van der Waals surface area contributed by atoms with Crippen molar-refractivity contribution in [1.82, 2.24) is 5.43 Å². The zero-order valence-corrected chi connectivity index (χ0v) is 11.5. The largest absolute Gasteiger partial charge is 0.416 e. The molecule has 5 heteroatoms. The molecule has 0 heterocycles. The number of hydrogen-bond donors (Lipinski definition) is 2. The SMILES string of the molecule is CCC(C)(C)C(Cc1ccc(C(F)(F)F)cc1)NN. The maximum Gasteiger partial charge on any atom is 0.416 e. The molecule has 108 valence electrons. The highest BCUT2D eigenvalue weighted by molar-refractivity contribution is 5.25. The number of nitrogens with one attached hydrogen (secondary N) is 1. The van der Waals surface area contributed by atoms with Gasteiger partial charge in [0.25, 0.3) is 0 Å². The van der Waals surface area contributed by atoms with Gasteiger partial charge in [0.2, 0.25) is 0 Å². The average Bonchev–Trinajstić information content (AvgIpc) is 2.35. The number of halogens is 3. The van der Waals surface area contributed by atoms with Crippen LogP contribution in [0.25, 0.3) is 0 Å². The minimum Gasteiger partial charge on any atom is -0.271 e. The third kappa shape index (κ3) is 4.21. The summed E-state index contributed by atoms with van der Waals surface area (Å²) in [5.41, 5.74) is 2.97. The van der Waals surface area contributed by atoms with Crippen LogP contribution < -0.4 is 11.3 Å². The summed E-state index contributed by atoms with van der Waals surface area (Å²) >= 11 is 0. The lowest BCUT2D eigenvalue weighted by molar-refractivity contribution is -0.137. The number of rotatable bonds is 5. The van der Waals surface area contributed by atoms with E-state index in [9.17, 15) is 13.2 Å². The zero-order chi connectivity index (χ0) is 14.7. The molecule has 0 aromatic heterocycles. The Morgan fingerprint density at radius 2 is 1.68 bits per heavy atom. The molecule has 0 aliphatic rings. The third-order valence-corrected chi connectivity index (χ3v) is 3.78. The van der Waals surface area contributed by atoms with Crippen LogP contribution in [0.1, 0.15) is 38.3 Å². The molecule has 2 nitrogen and oxygen atoms in total. The lowest BCUT2D eigenvalue weighted by atomic mass is 9.79. The van der Waals surface area contributed by atoms with Crippen LogP contribution in [0.3, 0.4) is 0 Å². The summed E-state index contributed by atoms with van der Waals surface area (Å²) in [6, 6.07) is 5.27. The molecule has 0 aliphatic heterocycles. The Morgan fingerprint density at radius 1 is 1.16 bits per heavy atom. The highest BCUT2D eigenvalue weighted by atomic mass is 19.4. The molecule has 0 aliphatic carbocycles. The van der Waals surface area contributed by atoms with Gasteiger partial charge < -0.3 is 0 Å². The molecule has 1 aromatic rings. The van der Waals surface area contributed by atoms with Crippen molar-refractivity contribution in [1.29, 1.82) is 0 Å². The van der Waals surface area contributed by atoms with E-state index < -0.39 is 11.7 Å². The molecular formula is C14H21F3N2. The van der Waals surface area contributed by atoms with Crippen molar-refractivity contribution in [3.05, 3.63) is 35.4 Å². The summed E-state index contributed by atoms with van der Waals surface area (Å²) in [6.07, 6.45) is -2.75. The maximum absolute atomic E-state index is 12.5. The van der Waals surface area contributed by atoms with Crippen LogP contribution in [0.15, 0.2) is 24.3 Å². The van der Waals surface area contributed by atoms with Gasteiger partial charge in [-0.25, -0.2) is 0 Å². The second kappa shape index (κ2) is 5.92. The van der Waals surface area contributed by atoms with Crippen LogP contribution in [0, 0.1) is 5.41 Å². The highest BCUT2D eigenvalue weighted by Gasteiger charge is 2.30. The summed E-state index contributed by atoms with van der Waals surface area (Å²) in [5.74, 6) is 5.55. The van der Waals surface area contributed by atoms with Gasteiger partial charge in [-0.2, -0.15) is 13.2 Å². The Balaban J connectivity index is 2.82. The first-order valence-corrected chi connectivity index (χ1v) is 6.33. The monoisotopic (exact) mass is 274 g/mol. The van der Waals surface area contributed by atoms with Gasteiger partial charge in [-0.1, -0.05) is 32.9 Å². The van der Waals surface area contributed by atoms with E-state index in [1.807, 2.05) is 0 Å². The van der Waals surface area contributed by atoms with Crippen molar-refractivity contribution in [2.24, 2.45) is 11.3 Å². The number of hydrogen-bond acceptors (Lipinski definition) is 2. The van der Waals surface area contributed by atoms with Gasteiger partial charge in [-0.15, -0.1) is 0 Å². The Bertz CT molecular complexity index is 396. The number of alkyl halides is 3. The number of benzene rings is 1. The molecular weight excluding hydrogens is 253 g/mol. The predicted octanol–water partition coefficient (Wildman–Crippen LogP) is 3.52. The van der Waals surface area contributed by atoms with Gasteiger partial charge in [-0.05, 0) is 36.0 Å². The molecule has 0 amide bonds. The first-order chi connectivity index (χ1) is 8.70. The van der Waals surface area contributed by atoms with Gasteiger partial charge in [0.1, 0.15) is 0 Å². The maximum atomic E-state index is 12.5. The summed E-state index contributed by atoms with van der Waals surface area (Å²) in [4.78, 5) is 0. The van der Waals surface area contributed by atoms with Crippen molar-refractivity contribution < 1.29 is 13.2 Å². The van der Waals surface area contributed by atoms with E-state index in [0.717, 1.165) is 24.1 Å². The Labute approximate surface area is 112 Å². The molecule has 0 radical (unpaired) electrons. The lowest BCUT2D eigenvalue weighted by Crippen LogP contribution is -2.46. The fourth-order valence-electron chi connectivity index (χ4n) is 1.87. The fraction of sp³-hybridized carbons (Fsp3) is 0.571. The topological polar surface area (TPSA) is 38.0 Å². The smallest absolute Gasteiger partial charge is 0.271 e. The zero-order valence-electron chi connectivity index (χ0n) is 11.5. The molecule has 0 fully saturated rings. The molecule has 19 heavy (non-hydrogen) atoms. The van der Waals surface area contributed by atoms with Crippen molar-refractivity contribution in [2.45, 2.75) is 45.8 Å². The Morgan fingerprint density at radius 3 is 2.05 bits per heavy atom.